The number of halogens is 2. The first kappa shape index (κ1) is 21.2. The Hall–Kier alpha value is -3.13. The molecule has 0 aliphatic carbocycles. The van der Waals surface area contributed by atoms with Crippen LogP contribution in [-0.4, -0.2) is 31.5 Å². The summed E-state index contributed by atoms with van der Waals surface area (Å²) in [4.78, 5) is 35.5. The van der Waals surface area contributed by atoms with Gasteiger partial charge in [0, 0.05) is 11.4 Å². The third-order valence-corrected chi connectivity index (χ3v) is 3.85. The van der Waals surface area contributed by atoms with E-state index in [9.17, 15) is 18.8 Å². The maximum Gasteiger partial charge on any atom is 0.306 e. The maximum atomic E-state index is 12.8. The summed E-state index contributed by atoms with van der Waals surface area (Å²) in [6.07, 6.45) is 0.386. The summed E-state index contributed by atoms with van der Waals surface area (Å²) in [5.74, 6) is -2.04. The Morgan fingerprint density at radius 3 is 2.46 bits per heavy atom. The summed E-state index contributed by atoms with van der Waals surface area (Å²) in [7, 11) is 1.39. The molecule has 0 unspecified atom stereocenters. The normalized spacial score (nSPS) is 10.1. The molecule has 0 aliphatic heterocycles. The van der Waals surface area contributed by atoms with Crippen molar-refractivity contribution in [2.24, 2.45) is 0 Å². The van der Waals surface area contributed by atoms with Crippen molar-refractivity contribution in [1.29, 1.82) is 0 Å². The van der Waals surface area contributed by atoms with E-state index < -0.39 is 24.4 Å². The highest BCUT2D eigenvalue weighted by molar-refractivity contribution is 6.31. The van der Waals surface area contributed by atoms with Crippen LogP contribution in [0.1, 0.15) is 22.3 Å². The van der Waals surface area contributed by atoms with Gasteiger partial charge >= 0.3 is 5.97 Å². The Kier molecular flexibility index (Phi) is 7.76. The van der Waals surface area contributed by atoms with Crippen molar-refractivity contribution < 1.29 is 28.2 Å². The summed E-state index contributed by atoms with van der Waals surface area (Å²) in [5, 5.41) is 0.326. The molecule has 7 nitrogen and oxygen atoms in total. The molecule has 2 aromatic rings. The van der Waals surface area contributed by atoms with E-state index in [0.717, 1.165) is 5.56 Å². The second-order valence-corrected chi connectivity index (χ2v) is 6.07. The van der Waals surface area contributed by atoms with Gasteiger partial charge < -0.3 is 9.47 Å². The van der Waals surface area contributed by atoms with E-state index in [1.165, 1.54) is 31.4 Å². The van der Waals surface area contributed by atoms with Crippen LogP contribution in [-0.2, 0) is 20.7 Å². The fraction of sp³-hybridized carbons (Fsp3) is 0.211. The molecular weight excluding hydrogens is 391 g/mol. The summed E-state index contributed by atoms with van der Waals surface area (Å²) >= 11 is 5.85. The van der Waals surface area contributed by atoms with Gasteiger partial charge in [0.15, 0.2) is 6.61 Å². The number of amides is 2. The minimum absolute atomic E-state index is 0.0327. The van der Waals surface area contributed by atoms with Crippen LogP contribution in [0.15, 0.2) is 42.5 Å². The molecule has 2 rings (SSSR count). The fourth-order valence-electron chi connectivity index (χ4n) is 2.20. The number of ether oxygens (including phenoxy) is 2. The van der Waals surface area contributed by atoms with Crippen molar-refractivity contribution in [3.8, 4) is 5.75 Å². The molecule has 0 radical (unpaired) electrons. The summed E-state index contributed by atoms with van der Waals surface area (Å²) in [6.45, 7) is -0.560. The summed E-state index contributed by atoms with van der Waals surface area (Å²) in [5.41, 5.74) is 5.21. The molecule has 2 N–H and O–H groups in total. The first-order valence-electron chi connectivity index (χ1n) is 8.22. The number of benzene rings is 2. The number of hydrogen-bond acceptors (Lipinski definition) is 5. The van der Waals surface area contributed by atoms with Crippen LogP contribution in [0, 0.1) is 5.82 Å². The zero-order valence-corrected chi connectivity index (χ0v) is 15.7. The predicted molar refractivity (Wildman–Crippen MR) is 99.3 cm³/mol. The molecule has 0 atom stereocenters. The first-order valence-corrected chi connectivity index (χ1v) is 8.59. The molecule has 0 bridgehead atoms. The molecule has 148 valence electrons. The Morgan fingerprint density at radius 2 is 1.79 bits per heavy atom. The van der Waals surface area contributed by atoms with Gasteiger partial charge in [0.25, 0.3) is 11.8 Å². The van der Waals surface area contributed by atoms with Gasteiger partial charge in [0.05, 0.1) is 12.7 Å². The Balaban J connectivity index is 1.73. The molecule has 2 amide bonds. The van der Waals surface area contributed by atoms with Crippen LogP contribution in [0.25, 0.3) is 0 Å². The maximum absolute atomic E-state index is 12.8. The Bertz CT molecular complexity index is 858. The lowest BCUT2D eigenvalue weighted by Crippen LogP contribution is -2.43. The fourth-order valence-corrected chi connectivity index (χ4v) is 2.38. The van der Waals surface area contributed by atoms with E-state index in [4.69, 9.17) is 21.1 Å². The lowest BCUT2D eigenvalue weighted by molar-refractivity contribution is -0.148. The highest BCUT2D eigenvalue weighted by Gasteiger charge is 2.14. The Morgan fingerprint density at radius 1 is 1.07 bits per heavy atom. The van der Waals surface area contributed by atoms with Crippen LogP contribution >= 0.6 is 11.6 Å². The molecule has 0 aromatic heterocycles. The van der Waals surface area contributed by atoms with Gasteiger partial charge in [-0.1, -0.05) is 23.7 Å². The summed E-state index contributed by atoms with van der Waals surface area (Å²) in [6, 6.07) is 10.2. The van der Waals surface area contributed by atoms with Crippen LogP contribution in [0.2, 0.25) is 5.02 Å². The van der Waals surface area contributed by atoms with Gasteiger partial charge in [-0.15, -0.1) is 0 Å². The van der Waals surface area contributed by atoms with Crippen molar-refractivity contribution in [2.75, 3.05) is 13.7 Å². The zero-order chi connectivity index (χ0) is 20.5. The van der Waals surface area contributed by atoms with E-state index in [2.05, 4.69) is 10.9 Å². The number of carbonyl (C=O) groups excluding carboxylic acids is 3. The third-order valence-electron chi connectivity index (χ3n) is 3.62. The van der Waals surface area contributed by atoms with E-state index in [-0.39, 0.29) is 23.6 Å². The average molecular weight is 409 g/mol. The zero-order valence-electron chi connectivity index (χ0n) is 15.0. The van der Waals surface area contributed by atoms with Crippen LogP contribution < -0.4 is 15.6 Å². The molecule has 0 saturated heterocycles. The van der Waals surface area contributed by atoms with Crippen molar-refractivity contribution in [3.63, 3.8) is 0 Å². The standard InChI is InChI=1S/C19H18ClFN2O5/c1-27-16-8-5-13(20)10-15(16)19(26)23-22-17(24)11-28-18(25)9-4-12-2-6-14(21)7-3-12/h2-3,5-8,10H,4,9,11H2,1H3,(H,22,24)(H,23,26). The SMILES string of the molecule is COc1ccc(Cl)cc1C(=O)NNC(=O)COC(=O)CCc1ccc(F)cc1. The molecule has 0 fully saturated rings. The van der Waals surface area contributed by atoms with Crippen molar-refractivity contribution in [2.45, 2.75) is 12.8 Å². The number of methoxy groups -OCH3 is 1. The number of aryl methyl sites for hydroxylation is 1. The van der Waals surface area contributed by atoms with Crippen molar-refractivity contribution >= 4 is 29.4 Å². The van der Waals surface area contributed by atoms with E-state index in [1.54, 1.807) is 18.2 Å². The topological polar surface area (TPSA) is 93.7 Å². The van der Waals surface area contributed by atoms with Gasteiger partial charge in [0.2, 0.25) is 0 Å². The highest BCUT2D eigenvalue weighted by atomic mass is 35.5. The average Bonchev–Trinajstić information content (AvgIpc) is 2.69. The van der Waals surface area contributed by atoms with Gasteiger partial charge in [-0.2, -0.15) is 0 Å². The number of rotatable bonds is 7. The molecule has 0 aliphatic rings. The van der Waals surface area contributed by atoms with E-state index in [1.807, 2.05) is 0 Å². The molecule has 0 saturated carbocycles. The monoisotopic (exact) mass is 408 g/mol. The first-order chi connectivity index (χ1) is 13.4. The molecule has 0 spiro atoms. The number of nitrogens with one attached hydrogen (secondary N) is 2. The van der Waals surface area contributed by atoms with Crippen LogP contribution in [0.4, 0.5) is 4.39 Å². The van der Waals surface area contributed by atoms with Crippen LogP contribution in [0.3, 0.4) is 0 Å². The van der Waals surface area contributed by atoms with Crippen molar-refractivity contribution in [1.82, 2.24) is 10.9 Å². The third kappa shape index (κ3) is 6.55. The predicted octanol–water partition coefficient (Wildman–Crippen LogP) is 2.42. The lowest BCUT2D eigenvalue weighted by atomic mass is 10.1. The lowest BCUT2D eigenvalue weighted by Gasteiger charge is -2.11. The van der Waals surface area contributed by atoms with Gasteiger partial charge in [-0.3, -0.25) is 25.2 Å². The minimum Gasteiger partial charge on any atom is -0.496 e. The number of carbonyl (C=O) groups is 3. The van der Waals surface area contributed by atoms with Crippen molar-refractivity contribution in [3.05, 3.63) is 64.4 Å². The minimum atomic E-state index is -0.718. The smallest absolute Gasteiger partial charge is 0.306 e. The van der Waals surface area contributed by atoms with E-state index >= 15 is 0 Å². The number of esters is 1. The van der Waals surface area contributed by atoms with Gasteiger partial charge in [0.1, 0.15) is 11.6 Å². The second-order valence-electron chi connectivity index (χ2n) is 5.63. The molecule has 9 heteroatoms. The quantitative estimate of drug-likeness (QED) is 0.542. The molecule has 2 aromatic carbocycles. The number of hydrazine groups is 1. The van der Waals surface area contributed by atoms with Gasteiger partial charge in [-0.25, -0.2) is 4.39 Å². The Labute approximate surface area is 165 Å². The van der Waals surface area contributed by atoms with E-state index in [0.29, 0.717) is 11.4 Å². The molecular formula is C19H18ClFN2O5. The molecule has 0 heterocycles. The second kappa shape index (κ2) is 10.3. The highest BCUT2D eigenvalue weighted by Crippen LogP contribution is 2.22. The van der Waals surface area contributed by atoms with Gasteiger partial charge in [-0.05, 0) is 42.3 Å². The largest absolute Gasteiger partial charge is 0.496 e. The molecule has 28 heavy (non-hydrogen) atoms. The summed E-state index contributed by atoms with van der Waals surface area (Å²) < 4.78 is 22.7. The number of hydrogen-bond donors (Lipinski definition) is 2. The van der Waals surface area contributed by atoms with Crippen LogP contribution in [0.5, 0.6) is 5.75 Å².